The third kappa shape index (κ3) is 1.10. The molecular weight excluding hydrogens is 192 g/mol. The number of ether oxygens (including phenoxy) is 1. The molecule has 2 rings (SSSR count). The van der Waals surface area contributed by atoms with Crippen molar-refractivity contribution in [1.29, 1.82) is 0 Å². The Morgan fingerprint density at radius 2 is 2.38 bits per heavy atom. The molecule has 2 heterocycles. The van der Waals surface area contributed by atoms with Crippen LogP contribution < -0.4 is 4.74 Å². The summed E-state index contributed by atoms with van der Waals surface area (Å²) in [5.41, 5.74) is 0.582. The van der Waals surface area contributed by atoms with Crippen LogP contribution in [0.15, 0.2) is 12.4 Å². The summed E-state index contributed by atoms with van der Waals surface area (Å²) >= 11 is 5.79. The lowest BCUT2D eigenvalue weighted by molar-refractivity contribution is 0.414. The molecule has 0 aliphatic heterocycles. The van der Waals surface area contributed by atoms with Gasteiger partial charge in [-0.1, -0.05) is 11.6 Å². The molecule has 68 valence electrons. The summed E-state index contributed by atoms with van der Waals surface area (Å²) in [6, 6.07) is 0. The Labute approximate surface area is 79.1 Å². The molecule has 2 N–H and O–H groups in total. The van der Waals surface area contributed by atoms with Crippen LogP contribution in [-0.2, 0) is 0 Å². The Bertz CT molecular complexity index is 453. The van der Waals surface area contributed by atoms with Gasteiger partial charge in [-0.05, 0) is 0 Å². The number of rotatable bonds is 1. The zero-order valence-corrected chi connectivity index (χ0v) is 7.59. The van der Waals surface area contributed by atoms with E-state index in [1.54, 1.807) is 0 Å². The lowest BCUT2D eigenvalue weighted by Gasteiger charge is -2.01. The van der Waals surface area contributed by atoms with Crippen molar-refractivity contribution in [3.63, 3.8) is 0 Å². The molecule has 2 aromatic rings. The fourth-order valence-corrected chi connectivity index (χ4v) is 1.42. The SMILES string of the molecule is COc1cnc(Cl)c2[nH]cc(O)c12. The van der Waals surface area contributed by atoms with Gasteiger partial charge in [0.15, 0.2) is 5.15 Å². The number of fused-ring (bicyclic) bond motifs is 1. The molecule has 0 aromatic carbocycles. The Morgan fingerprint density at radius 1 is 1.62 bits per heavy atom. The zero-order chi connectivity index (χ0) is 9.42. The fraction of sp³-hybridized carbons (Fsp3) is 0.125. The number of nitrogens with one attached hydrogen (secondary N) is 1. The van der Waals surface area contributed by atoms with Crippen molar-refractivity contribution in [2.75, 3.05) is 7.11 Å². The molecule has 0 saturated carbocycles. The predicted molar refractivity (Wildman–Crippen MR) is 49.3 cm³/mol. The number of nitrogens with zero attached hydrogens (tertiary/aromatic N) is 1. The third-order valence-corrected chi connectivity index (χ3v) is 2.11. The largest absolute Gasteiger partial charge is 0.506 e. The number of aromatic nitrogens is 2. The first-order chi connectivity index (χ1) is 6.24. The molecule has 5 heteroatoms. The van der Waals surface area contributed by atoms with E-state index in [4.69, 9.17) is 16.3 Å². The highest BCUT2D eigenvalue weighted by atomic mass is 35.5. The Kier molecular flexibility index (Phi) is 1.77. The molecule has 0 aliphatic carbocycles. The molecule has 0 aliphatic rings. The van der Waals surface area contributed by atoms with E-state index < -0.39 is 0 Å². The van der Waals surface area contributed by atoms with Crippen molar-refractivity contribution in [2.24, 2.45) is 0 Å². The maximum absolute atomic E-state index is 9.45. The van der Waals surface area contributed by atoms with E-state index in [0.29, 0.717) is 21.8 Å². The minimum absolute atomic E-state index is 0.108. The van der Waals surface area contributed by atoms with Gasteiger partial charge in [0.2, 0.25) is 0 Å². The Morgan fingerprint density at radius 3 is 3.08 bits per heavy atom. The quantitative estimate of drug-likeness (QED) is 0.689. The van der Waals surface area contributed by atoms with Crippen molar-refractivity contribution < 1.29 is 9.84 Å². The van der Waals surface area contributed by atoms with E-state index in [9.17, 15) is 5.11 Å². The molecule has 0 fully saturated rings. The van der Waals surface area contributed by atoms with Gasteiger partial charge in [0.25, 0.3) is 0 Å². The average molecular weight is 199 g/mol. The van der Waals surface area contributed by atoms with E-state index in [1.165, 1.54) is 19.5 Å². The molecule has 4 nitrogen and oxygen atoms in total. The van der Waals surface area contributed by atoms with Crippen LogP contribution in [0.4, 0.5) is 0 Å². The van der Waals surface area contributed by atoms with Crippen LogP contribution in [0.1, 0.15) is 0 Å². The van der Waals surface area contributed by atoms with Gasteiger partial charge in [-0.2, -0.15) is 0 Å². The molecule has 0 atom stereocenters. The van der Waals surface area contributed by atoms with Crippen LogP contribution >= 0.6 is 11.6 Å². The van der Waals surface area contributed by atoms with Crippen molar-refractivity contribution >= 4 is 22.5 Å². The zero-order valence-electron chi connectivity index (χ0n) is 6.84. The van der Waals surface area contributed by atoms with Crippen molar-refractivity contribution in [3.8, 4) is 11.5 Å². The molecular formula is C8H7ClN2O2. The molecule has 0 amide bonds. The van der Waals surface area contributed by atoms with Crippen LogP contribution in [0.2, 0.25) is 5.15 Å². The summed E-state index contributed by atoms with van der Waals surface area (Å²) in [6.07, 6.45) is 2.92. The number of hydrogen-bond acceptors (Lipinski definition) is 3. The number of hydrogen-bond donors (Lipinski definition) is 2. The highest BCUT2D eigenvalue weighted by Crippen LogP contribution is 2.35. The van der Waals surface area contributed by atoms with E-state index in [1.807, 2.05) is 0 Å². The van der Waals surface area contributed by atoms with Crippen molar-refractivity contribution in [2.45, 2.75) is 0 Å². The summed E-state index contributed by atoms with van der Waals surface area (Å²) in [5.74, 6) is 0.606. The van der Waals surface area contributed by atoms with E-state index in [2.05, 4.69) is 9.97 Å². The summed E-state index contributed by atoms with van der Waals surface area (Å²) in [4.78, 5) is 6.70. The van der Waals surface area contributed by atoms with Crippen molar-refractivity contribution in [3.05, 3.63) is 17.5 Å². The van der Waals surface area contributed by atoms with Crippen LogP contribution in [0, 0.1) is 0 Å². The Balaban J connectivity index is 2.88. The number of halogens is 1. The maximum atomic E-state index is 9.45. The summed E-state index contributed by atoms with van der Waals surface area (Å²) in [6.45, 7) is 0. The number of pyridine rings is 1. The van der Waals surface area contributed by atoms with Crippen LogP contribution in [0.3, 0.4) is 0 Å². The molecule has 0 radical (unpaired) electrons. The lowest BCUT2D eigenvalue weighted by Crippen LogP contribution is -1.86. The van der Waals surface area contributed by atoms with Gasteiger partial charge >= 0.3 is 0 Å². The van der Waals surface area contributed by atoms with Gasteiger partial charge in [0.1, 0.15) is 11.5 Å². The lowest BCUT2D eigenvalue weighted by atomic mass is 10.3. The van der Waals surface area contributed by atoms with Gasteiger partial charge in [0, 0.05) is 6.20 Å². The van der Waals surface area contributed by atoms with Gasteiger partial charge in [-0.3, -0.25) is 0 Å². The van der Waals surface area contributed by atoms with Gasteiger partial charge in [0.05, 0.1) is 24.2 Å². The first kappa shape index (κ1) is 8.19. The number of H-pyrrole nitrogens is 1. The van der Waals surface area contributed by atoms with Crippen LogP contribution in [0.25, 0.3) is 10.9 Å². The number of methoxy groups -OCH3 is 1. The third-order valence-electron chi connectivity index (χ3n) is 1.83. The number of aromatic amines is 1. The topological polar surface area (TPSA) is 58.1 Å². The van der Waals surface area contributed by atoms with E-state index in [0.717, 1.165) is 0 Å². The highest BCUT2D eigenvalue weighted by molar-refractivity contribution is 6.34. The maximum Gasteiger partial charge on any atom is 0.153 e. The number of aromatic hydroxyl groups is 1. The van der Waals surface area contributed by atoms with E-state index >= 15 is 0 Å². The molecule has 0 unspecified atom stereocenters. The monoisotopic (exact) mass is 198 g/mol. The summed E-state index contributed by atoms with van der Waals surface area (Å²) in [7, 11) is 1.51. The smallest absolute Gasteiger partial charge is 0.153 e. The predicted octanol–water partition coefficient (Wildman–Crippen LogP) is 1.93. The second-order valence-corrected chi connectivity index (χ2v) is 2.90. The van der Waals surface area contributed by atoms with Gasteiger partial charge in [-0.15, -0.1) is 0 Å². The molecule has 0 saturated heterocycles. The second-order valence-electron chi connectivity index (χ2n) is 2.54. The van der Waals surface area contributed by atoms with Gasteiger partial charge in [-0.25, -0.2) is 4.98 Å². The van der Waals surface area contributed by atoms with E-state index in [-0.39, 0.29) is 5.75 Å². The first-order valence-electron chi connectivity index (χ1n) is 3.62. The summed E-state index contributed by atoms with van der Waals surface area (Å²) < 4.78 is 5.02. The van der Waals surface area contributed by atoms with Crippen LogP contribution in [0.5, 0.6) is 11.5 Å². The normalized spacial score (nSPS) is 10.6. The highest BCUT2D eigenvalue weighted by Gasteiger charge is 2.11. The summed E-state index contributed by atoms with van der Waals surface area (Å²) in [5, 5.41) is 10.3. The fourth-order valence-electron chi connectivity index (χ4n) is 1.22. The average Bonchev–Trinajstić information content (AvgIpc) is 2.51. The molecule has 13 heavy (non-hydrogen) atoms. The molecule has 0 bridgehead atoms. The second kappa shape index (κ2) is 2.81. The van der Waals surface area contributed by atoms with Crippen molar-refractivity contribution in [1.82, 2.24) is 9.97 Å². The minimum Gasteiger partial charge on any atom is -0.506 e. The Hall–Kier alpha value is -1.42. The minimum atomic E-state index is 0.108. The first-order valence-corrected chi connectivity index (χ1v) is 4.00. The molecule has 2 aromatic heterocycles. The van der Waals surface area contributed by atoms with Crippen LogP contribution in [-0.4, -0.2) is 22.2 Å². The van der Waals surface area contributed by atoms with Gasteiger partial charge < -0.3 is 14.8 Å². The molecule has 0 spiro atoms. The standard InChI is InChI=1S/C8H7ClN2O2/c1-13-5-3-11-8(9)7-6(5)4(12)2-10-7/h2-3,10,12H,1H3.